The first-order valence-corrected chi connectivity index (χ1v) is 8.00. The summed E-state index contributed by atoms with van der Waals surface area (Å²) in [5.41, 5.74) is 3.97. The highest BCUT2D eigenvalue weighted by Crippen LogP contribution is 2.33. The first-order valence-electron chi connectivity index (χ1n) is 7.12. The van der Waals surface area contributed by atoms with Crippen molar-refractivity contribution in [1.29, 1.82) is 0 Å². The van der Waals surface area contributed by atoms with Gasteiger partial charge in [-0.05, 0) is 63.0 Å². The third kappa shape index (κ3) is 2.58. The van der Waals surface area contributed by atoms with Crippen molar-refractivity contribution in [3.05, 3.63) is 33.6 Å². The predicted molar refractivity (Wildman–Crippen MR) is 83.5 cm³/mol. The Kier molecular flexibility index (Phi) is 3.76. The lowest BCUT2D eigenvalue weighted by atomic mass is 9.99. The van der Waals surface area contributed by atoms with Crippen molar-refractivity contribution in [2.45, 2.75) is 32.6 Å². The fraction of sp³-hybridized carbons (Fsp3) is 0.438. The number of piperidine rings is 1. The number of nitrogens with zero attached hydrogens (tertiary/aromatic N) is 1. The molecule has 0 bridgehead atoms. The van der Waals surface area contributed by atoms with Crippen LogP contribution in [0.2, 0.25) is 0 Å². The second-order valence-corrected chi connectivity index (χ2v) is 6.44. The van der Waals surface area contributed by atoms with E-state index in [2.05, 4.69) is 10.7 Å². The molecular formula is C16H20N2OS. The first-order chi connectivity index (χ1) is 9.65. The van der Waals surface area contributed by atoms with Gasteiger partial charge in [0.25, 0.3) is 0 Å². The zero-order valence-electron chi connectivity index (χ0n) is 11.9. The lowest BCUT2D eigenvalue weighted by Gasteiger charge is -2.20. The molecule has 2 heterocycles. The minimum atomic E-state index is 0.391. The fourth-order valence-corrected chi connectivity index (χ4v) is 3.78. The molecule has 2 aromatic rings. The van der Waals surface area contributed by atoms with E-state index in [4.69, 9.17) is 4.98 Å². The van der Waals surface area contributed by atoms with Gasteiger partial charge in [-0.2, -0.15) is 0 Å². The van der Waals surface area contributed by atoms with E-state index in [1.807, 2.05) is 26.0 Å². The Morgan fingerprint density at radius 3 is 2.50 bits per heavy atom. The number of phenols is 1. The smallest absolute Gasteiger partial charge is 0.121 e. The summed E-state index contributed by atoms with van der Waals surface area (Å²) in [6, 6.07) is 4.03. The summed E-state index contributed by atoms with van der Waals surface area (Å²) in [5, 5.41) is 16.7. The minimum Gasteiger partial charge on any atom is -0.507 e. The number of nitrogens with one attached hydrogen (secondary N) is 1. The summed E-state index contributed by atoms with van der Waals surface area (Å²) < 4.78 is 0. The van der Waals surface area contributed by atoms with E-state index in [1.165, 1.54) is 17.8 Å². The Morgan fingerprint density at radius 2 is 1.85 bits per heavy atom. The highest BCUT2D eigenvalue weighted by atomic mass is 32.1. The Hall–Kier alpha value is -1.39. The average molecular weight is 288 g/mol. The topological polar surface area (TPSA) is 45.2 Å². The number of benzene rings is 1. The Labute approximate surface area is 123 Å². The van der Waals surface area contributed by atoms with Gasteiger partial charge in [0.05, 0.1) is 10.7 Å². The second kappa shape index (κ2) is 5.54. The number of rotatable bonds is 2. The summed E-state index contributed by atoms with van der Waals surface area (Å²) in [6.45, 7) is 6.06. The third-order valence-corrected chi connectivity index (χ3v) is 5.00. The number of hydrogen-bond acceptors (Lipinski definition) is 4. The highest BCUT2D eigenvalue weighted by Gasteiger charge is 2.19. The van der Waals surface area contributed by atoms with Crippen LogP contribution in [-0.2, 0) is 0 Å². The molecule has 0 spiro atoms. The van der Waals surface area contributed by atoms with E-state index < -0.39 is 0 Å². The average Bonchev–Trinajstić information content (AvgIpc) is 2.95. The molecule has 4 heteroatoms. The maximum Gasteiger partial charge on any atom is 0.121 e. The quantitative estimate of drug-likeness (QED) is 0.887. The second-order valence-electron chi connectivity index (χ2n) is 5.55. The van der Waals surface area contributed by atoms with Crippen LogP contribution in [0.15, 0.2) is 17.5 Å². The number of thiazole rings is 1. The number of phenolic OH excluding ortho intramolecular Hbond substituents is 1. The molecule has 0 radical (unpaired) electrons. The summed E-state index contributed by atoms with van der Waals surface area (Å²) in [6.07, 6.45) is 2.36. The van der Waals surface area contributed by atoms with Crippen LogP contribution in [0.5, 0.6) is 5.75 Å². The van der Waals surface area contributed by atoms with E-state index in [1.54, 1.807) is 11.3 Å². The van der Waals surface area contributed by atoms with Crippen molar-refractivity contribution in [2.24, 2.45) is 0 Å². The molecule has 2 N–H and O–H groups in total. The van der Waals surface area contributed by atoms with Gasteiger partial charge in [-0.1, -0.05) is 0 Å². The number of aromatic hydroxyl groups is 1. The van der Waals surface area contributed by atoms with Gasteiger partial charge in [0.1, 0.15) is 5.75 Å². The number of aryl methyl sites for hydroxylation is 2. The third-order valence-electron chi connectivity index (χ3n) is 4.00. The Morgan fingerprint density at radius 1 is 1.20 bits per heavy atom. The lowest BCUT2D eigenvalue weighted by molar-refractivity contribution is 0.459. The summed E-state index contributed by atoms with van der Waals surface area (Å²) >= 11 is 1.77. The van der Waals surface area contributed by atoms with Gasteiger partial charge >= 0.3 is 0 Å². The van der Waals surface area contributed by atoms with Crippen molar-refractivity contribution in [2.75, 3.05) is 13.1 Å². The van der Waals surface area contributed by atoms with E-state index in [9.17, 15) is 5.11 Å². The van der Waals surface area contributed by atoms with Crippen LogP contribution < -0.4 is 5.32 Å². The monoisotopic (exact) mass is 288 g/mol. The molecule has 0 amide bonds. The molecule has 0 aliphatic carbocycles. The largest absolute Gasteiger partial charge is 0.507 e. The van der Waals surface area contributed by atoms with Crippen LogP contribution in [0.25, 0.3) is 11.3 Å². The van der Waals surface area contributed by atoms with E-state index in [-0.39, 0.29) is 0 Å². The van der Waals surface area contributed by atoms with E-state index >= 15 is 0 Å². The molecule has 20 heavy (non-hydrogen) atoms. The van der Waals surface area contributed by atoms with Crippen LogP contribution in [0.3, 0.4) is 0 Å². The van der Waals surface area contributed by atoms with Crippen molar-refractivity contribution in [1.82, 2.24) is 10.3 Å². The van der Waals surface area contributed by atoms with Gasteiger partial charge in [-0.3, -0.25) is 0 Å². The van der Waals surface area contributed by atoms with Gasteiger partial charge in [-0.15, -0.1) is 11.3 Å². The SMILES string of the molecule is Cc1cc(-c2csc(C3CCNCC3)n2)cc(C)c1O. The molecule has 1 aromatic heterocycles. The summed E-state index contributed by atoms with van der Waals surface area (Å²) in [4.78, 5) is 4.83. The number of aromatic nitrogens is 1. The molecule has 3 rings (SSSR count). The zero-order chi connectivity index (χ0) is 14.1. The van der Waals surface area contributed by atoms with Crippen LogP contribution >= 0.6 is 11.3 Å². The molecular weight excluding hydrogens is 268 g/mol. The van der Waals surface area contributed by atoms with Gasteiger partial charge in [0.2, 0.25) is 0 Å². The van der Waals surface area contributed by atoms with Crippen molar-refractivity contribution >= 4 is 11.3 Å². The number of hydrogen-bond donors (Lipinski definition) is 2. The van der Waals surface area contributed by atoms with E-state index in [0.29, 0.717) is 11.7 Å². The molecule has 0 unspecified atom stereocenters. The summed E-state index contributed by atoms with van der Waals surface area (Å²) in [5.74, 6) is 0.997. The maximum absolute atomic E-state index is 9.86. The Balaban J connectivity index is 1.89. The van der Waals surface area contributed by atoms with Crippen LogP contribution in [0.4, 0.5) is 0 Å². The van der Waals surface area contributed by atoms with Crippen molar-refractivity contribution < 1.29 is 5.11 Å². The standard InChI is InChI=1S/C16H20N2OS/c1-10-7-13(8-11(2)15(10)19)14-9-20-16(18-14)12-3-5-17-6-4-12/h7-9,12,17,19H,3-6H2,1-2H3. The maximum atomic E-state index is 9.86. The van der Waals surface area contributed by atoms with Crippen LogP contribution in [0, 0.1) is 13.8 Å². The minimum absolute atomic E-state index is 0.391. The lowest BCUT2D eigenvalue weighted by Crippen LogP contribution is -2.26. The molecule has 1 aromatic carbocycles. The molecule has 1 saturated heterocycles. The van der Waals surface area contributed by atoms with Gasteiger partial charge < -0.3 is 10.4 Å². The molecule has 3 nitrogen and oxygen atoms in total. The predicted octanol–water partition coefficient (Wildman–Crippen LogP) is 3.60. The Bertz CT molecular complexity index is 592. The van der Waals surface area contributed by atoms with E-state index in [0.717, 1.165) is 35.5 Å². The summed E-state index contributed by atoms with van der Waals surface area (Å²) in [7, 11) is 0. The molecule has 0 saturated carbocycles. The normalized spacial score (nSPS) is 16.5. The molecule has 0 atom stereocenters. The van der Waals surface area contributed by atoms with Gasteiger partial charge in [-0.25, -0.2) is 4.98 Å². The van der Waals surface area contributed by atoms with Gasteiger partial charge in [0.15, 0.2) is 0 Å². The zero-order valence-corrected chi connectivity index (χ0v) is 12.8. The molecule has 1 aliphatic heterocycles. The molecule has 1 aliphatic rings. The molecule has 1 fully saturated rings. The first kappa shape index (κ1) is 13.6. The van der Waals surface area contributed by atoms with Crippen LogP contribution in [0.1, 0.15) is 34.9 Å². The van der Waals surface area contributed by atoms with Gasteiger partial charge in [0, 0.05) is 16.9 Å². The van der Waals surface area contributed by atoms with Crippen molar-refractivity contribution in [3.8, 4) is 17.0 Å². The van der Waals surface area contributed by atoms with Crippen molar-refractivity contribution in [3.63, 3.8) is 0 Å². The fourth-order valence-electron chi connectivity index (χ4n) is 2.78. The highest BCUT2D eigenvalue weighted by molar-refractivity contribution is 7.10. The van der Waals surface area contributed by atoms with Crippen LogP contribution in [-0.4, -0.2) is 23.2 Å². The molecule has 106 valence electrons.